The van der Waals surface area contributed by atoms with E-state index in [2.05, 4.69) is 113 Å². The monoisotopic (exact) mass is 743 g/mol. The van der Waals surface area contributed by atoms with Gasteiger partial charge in [-0.3, -0.25) is 0 Å². The van der Waals surface area contributed by atoms with Crippen molar-refractivity contribution < 1.29 is 20.1 Å². The molecule has 2 heterocycles. The van der Waals surface area contributed by atoms with E-state index in [0.717, 1.165) is 28.9 Å². The van der Waals surface area contributed by atoms with Gasteiger partial charge in [0.05, 0.1) is 0 Å². The largest absolute Gasteiger partial charge is 0.305 e. The Balaban J connectivity index is 0.000000179. The average Bonchev–Trinajstić information content (AvgIpc) is 3.10. The summed E-state index contributed by atoms with van der Waals surface area (Å²) in [4.78, 5) is 8.90. The zero-order valence-corrected chi connectivity index (χ0v) is 26.5. The molecule has 0 saturated carbocycles. The first-order valence-corrected chi connectivity index (χ1v) is 14.4. The number of hydrogen-bond acceptors (Lipinski definition) is 2. The minimum absolute atomic E-state index is 0. The molecule has 0 N–H and O–H groups in total. The second kappa shape index (κ2) is 15.5. The Hall–Kier alpha value is -4.95. The van der Waals surface area contributed by atoms with Crippen LogP contribution in [0.25, 0.3) is 44.8 Å². The van der Waals surface area contributed by atoms with Crippen molar-refractivity contribution in [3.05, 3.63) is 193 Å². The molecule has 2 aromatic heterocycles. The Morgan fingerprint density at radius 2 is 0.977 bits per heavy atom. The van der Waals surface area contributed by atoms with Gasteiger partial charge in [0.25, 0.3) is 0 Å². The predicted molar refractivity (Wildman–Crippen MR) is 177 cm³/mol. The summed E-state index contributed by atoms with van der Waals surface area (Å²) in [5.74, 6) is 0. The molecule has 3 heteroatoms. The molecule has 215 valence electrons. The fourth-order valence-corrected chi connectivity index (χ4v) is 4.94. The zero-order chi connectivity index (χ0) is 29.1. The standard InChI is InChI=1S/C24H18N.C17H12N.Ir/c1-3-8-19(9-4-1)16-20-10-7-13-23(17-20)24-18-22(14-15-25-24)21-11-5-2-6-12-21;1-2-7-14(8-3-1)15-9-6-10-16(13-15)17-11-4-5-12-18-17;/h1-12,14-15,17-18H,16H2;1-9,11-13H;/q2*-1;. The van der Waals surface area contributed by atoms with E-state index < -0.39 is 0 Å². The Morgan fingerprint density at radius 1 is 0.409 bits per heavy atom. The summed E-state index contributed by atoms with van der Waals surface area (Å²) < 4.78 is 0. The maximum absolute atomic E-state index is 4.55. The van der Waals surface area contributed by atoms with E-state index in [0.29, 0.717) is 0 Å². The van der Waals surface area contributed by atoms with Gasteiger partial charge in [-0.1, -0.05) is 109 Å². The van der Waals surface area contributed by atoms with E-state index in [1.54, 1.807) is 6.20 Å². The average molecular weight is 743 g/mol. The van der Waals surface area contributed by atoms with Crippen molar-refractivity contribution in [3.63, 3.8) is 0 Å². The first-order chi connectivity index (χ1) is 21.3. The van der Waals surface area contributed by atoms with Crippen LogP contribution in [0.4, 0.5) is 0 Å². The van der Waals surface area contributed by atoms with Crippen LogP contribution in [0.5, 0.6) is 0 Å². The molecule has 0 aliphatic heterocycles. The van der Waals surface area contributed by atoms with Crippen LogP contribution >= 0.6 is 0 Å². The quantitative estimate of drug-likeness (QED) is 0.159. The van der Waals surface area contributed by atoms with E-state index >= 15 is 0 Å². The van der Waals surface area contributed by atoms with Crippen molar-refractivity contribution in [2.45, 2.75) is 6.42 Å². The molecule has 0 saturated heterocycles. The number of rotatable bonds is 6. The van der Waals surface area contributed by atoms with Crippen LogP contribution in [0, 0.1) is 12.1 Å². The fraction of sp³-hybridized carbons (Fsp3) is 0.0244. The van der Waals surface area contributed by atoms with Crippen LogP contribution in [0.15, 0.2) is 170 Å². The summed E-state index contributed by atoms with van der Waals surface area (Å²) in [6.07, 6.45) is 4.59. The molecule has 0 aliphatic rings. The Morgan fingerprint density at radius 3 is 1.64 bits per heavy atom. The molecule has 0 unspecified atom stereocenters. The molecule has 7 rings (SSSR count). The minimum atomic E-state index is 0. The van der Waals surface area contributed by atoms with Crippen LogP contribution in [0.2, 0.25) is 0 Å². The van der Waals surface area contributed by atoms with Crippen molar-refractivity contribution >= 4 is 0 Å². The molecule has 0 amide bonds. The molecule has 0 fully saturated rings. The third-order valence-electron chi connectivity index (χ3n) is 7.11. The van der Waals surface area contributed by atoms with E-state index in [1.165, 1.54) is 33.4 Å². The Bertz CT molecular complexity index is 1820. The van der Waals surface area contributed by atoms with E-state index in [1.807, 2.05) is 72.9 Å². The number of aromatic nitrogens is 2. The molecule has 0 aliphatic carbocycles. The molecule has 0 spiro atoms. The summed E-state index contributed by atoms with van der Waals surface area (Å²) in [7, 11) is 0. The Kier molecular flexibility index (Phi) is 10.7. The molecule has 5 aromatic carbocycles. The number of pyridine rings is 2. The van der Waals surface area contributed by atoms with Gasteiger partial charge in [-0.25, -0.2) is 0 Å². The molecular formula is C41H30IrN2-2. The van der Waals surface area contributed by atoms with Crippen LogP contribution in [0.1, 0.15) is 11.1 Å². The Labute approximate surface area is 273 Å². The van der Waals surface area contributed by atoms with Crippen molar-refractivity contribution in [3.8, 4) is 44.8 Å². The molecule has 2 nitrogen and oxygen atoms in total. The van der Waals surface area contributed by atoms with Crippen LogP contribution in [-0.2, 0) is 26.5 Å². The second-order valence-electron chi connectivity index (χ2n) is 10.1. The summed E-state index contributed by atoms with van der Waals surface area (Å²) >= 11 is 0. The smallest absolute Gasteiger partial charge is 0.0166 e. The first kappa shape index (κ1) is 30.5. The minimum Gasteiger partial charge on any atom is -0.305 e. The van der Waals surface area contributed by atoms with Gasteiger partial charge in [0.2, 0.25) is 0 Å². The SMILES string of the molecule is [Ir].[c-]1ccc(-c2ccccc2)cc1-c1ccccn1.[c-]1ccc(Cc2ccccc2)cc1-c1cc(-c2ccccc2)ccn1. The van der Waals surface area contributed by atoms with Crippen LogP contribution in [0.3, 0.4) is 0 Å². The number of benzene rings is 5. The van der Waals surface area contributed by atoms with Gasteiger partial charge < -0.3 is 9.97 Å². The van der Waals surface area contributed by atoms with Crippen LogP contribution in [-0.4, -0.2) is 9.97 Å². The maximum Gasteiger partial charge on any atom is 0.0166 e. The van der Waals surface area contributed by atoms with Gasteiger partial charge in [0, 0.05) is 32.5 Å². The van der Waals surface area contributed by atoms with E-state index in [-0.39, 0.29) is 20.1 Å². The van der Waals surface area contributed by atoms with Crippen molar-refractivity contribution in [1.82, 2.24) is 9.97 Å². The van der Waals surface area contributed by atoms with Gasteiger partial charge in [0.15, 0.2) is 0 Å². The van der Waals surface area contributed by atoms with Gasteiger partial charge >= 0.3 is 0 Å². The third-order valence-corrected chi connectivity index (χ3v) is 7.11. The number of hydrogen-bond donors (Lipinski definition) is 0. The fourth-order valence-electron chi connectivity index (χ4n) is 4.94. The predicted octanol–water partition coefficient (Wildman–Crippen LogP) is 10.0. The molecule has 0 bridgehead atoms. The third kappa shape index (κ3) is 8.11. The number of nitrogens with zero attached hydrogens (tertiary/aromatic N) is 2. The van der Waals surface area contributed by atoms with E-state index in [4.69, 9.17) is 0 Å². The van der Waals surface area contributed by atoms with Crippen molar-refractivity contribution in [1.29, 1.82) is 0 Å². The normalized spacial score (nSPS) is 10.2. The molecular weight excluding hydrogens is 713 g/mol. The second-order valence-corrected chi connectivity index (χ2v) is 10.1. The van der Waals surface area contributed by atoms with E-state index in [9.17, 15) is 0 Å². The zero-order valence-electron chi connectivity index (χ0n) is 24.1. The maximum atomic E-state index is 4.55. The van der Waals surface area contributed by atoms with Crippen molar-refractivity contribution in [2.75, 3.05) is 0 Å². The van der Waals surface area contributed by atoms with Gasteiger partial charge in [-0.05, 0) is 52.2 Å². The van der Waals surface area contributed by atoms with Gasteiger partial charge in [-0.15, -0.1) is 70.8 Å². The summed E-state index contributed by atoms with van der Waals surface area (Å²) in [5.41, 5.74) is 11.3. The van der Waals surface area contributed by atoms with Crippen molar-refractivity contribution in [2.24, 2.45) is 0 Å². The molecule has 1 radical (unpaired) electrons. The molecule has 44 heavy (non-hydrogen) atoms. The van der Waals surface area contributed by atoms with Gasteiger partial charge in [0.1, 0.15) is 0 Å². The summed E-state index contributed by atoms with van der Waals surface area (Å²) in [5, 5.41) is 0. The summed E-state index contributed by atoms with van der Waals surface area (Å²) in [6, 6.07) is 60.3. The molecule has 0 atom stereocenters. The summed E-state index contributed by atoms with van der Waals surface area (Å²) in [6.45, 7) is 0. The van der Waals surface area contributed by atoms with Gasteiger partial charge in [-0.2, -0.15) is 0 Å². The first-order valence-electron chi connectivity index (χ1n) is 14.4. The molecule has 7 aromatic rings. The topological polar surface area (TPSA) is 25.8 Å². The van der Waals surface area contributed by atoms with Crippen LogP contribution < -0.4 is 0 Å².